The predicted molar refractivity (Wildman–Crippen MR) is 80.2 cm³/mol. The third-order valence-corrected chi connectivity index (χ3v) is 3.22. The molecule has 1 unspecified atom stereocenters. The smallest absolute Gasteiger partial charge is 0.303 e. The second-order valence-electron chi connectivity index (χ2n) is 4.49. The third-order valence-electron chi connectivity index (χ3n) is 2.89. The van der Waals surface area contributed by atoms with E-state index in [1.165, 1.54) is 0 Å². The topological polar surface area (TPSA) is 76.0 Å². The van der Waals surface area contributed by atoms with Crippen LogP contribution >= 0.6 is 11.6 Å². The fourth-order valence-corrected chi connectivity index (χ4v) is 2.22. The van der Waals surface area contributed by atoms with Gasteiger partial charge in [-0.3, -0.25) is 4.79 Å². The van der Waals surface area contributed by atoms with Crippen molar-refractivity contribution >= 4 is 17.6 Å². The Morgan fingerprint density at radius 3 is 2.33 bits per heavy atom. The van der Waals surface area contributed by atoms with E-state index in [0.717, 1.165) is 0 Å². The summed E-state index contributed by atoms with van der Waals surface area (Å²) in [4.78, 5) is 10.5. The highest BCUT2D eigenvalue weighted by molar-refractivity contribution is 6.31. The second-order valence-corrected chi connectivity index (χ2v) is 4.90. The van der Waals surface area contributed by atoms with Crippen molar-refractivity contribution in [2.75, 3.05) is 13.2 Å². The number of hydrogen-bond acceptors (Lipinski definition) is 4. The number of carboxylic acid groups (broad SMARTS) is 1. The Balaban J connectivity index is 2.90. The van der Waals surface area contributed by atoms with Crippen LogP contribution in [0.3, 0.4) is 0 Å². The Hall–Kier alpha value is -1.46. The molecule has 0 saturated heterocycles. The summed E-state index contributed by atoms with van der Waals surface area (Å²) < 4.78 is 10.9. The van der Waals surface area contributed by atoms with Crippen LogP contribution in [0.15, 0.2) is 12.1 Å². The van der Waals surface area contributed by atoms with Gasteiger partial charge in [0.2, 0.25) is 0 Å². The molecule has 0 aromatic heterocycles. The highest BCUT2D eigenvalue weighted by Crippen LogP contribution is 2.37. The molecule has 0 aliphatic carbocycles. The van der Waals surface area contributed by atoms with Crippen LogP contribution in [0.1, 0.15) is 44.8 Å². The number of halogens is 1. The van der Waals surface area contributed by atoms with Gasteiger partial charge in [0.15, 0.2) is 11.5 Å². The maximum atomic E-state index is 10.5. The maximum Gasteiger partial charge on any atom is 0.303 e. The second kappa shape index (κ2) is 8.74. The number of ether oxygens (including phenoxy) is 2. The number of carboxylic acids is 1. The Kier molecular flexibility index (Phi) is 7.32. The molecule has 5 nitrogen and oxygen atoms in total. The van der Waals surface area contributed by atoms with E-state index in [1.807, 2.05) is 13.8 Å². The van der Waals surface area contributed by atoms with E-state index in [9.17, 15) is 9.90 Å². The molecule has 0 spiro atoms. The summed E-state index contributed by atoms with van der Waals surface area (Å²) in [6.45, 7) is 4.67. The molecule has 0 radical (unpaired) electrons. The van der Waals surface area contributed by atoms with Crippen molar-refractivity contribution in [2.24, 2.45) is 0 Å². The molecule has 1 aromatic carbocycles. The zero-order valence-corrected chi connectivity index (χ0v) is 13.0. The van der Waals surface area contributed by atoms with Gasteiger partial charge in [-0.15, -0.1) is 0 Å². The molecule has 2 N–H and O–H groups in total. The Bertz CT molecular complexity index is 475. The van der Waals surface area contributed by atoms with Gasteiger partial charge < -0.3 is 19.7 Å². The summed E-state index contributed by atoms with van der Waals surface area (Å²) in [6, 6.07) is 3.27. The lowest BCUT2D eigenvalue weighted by atomic mass is 10.0. The van der Waals surface area contributed by atoms with E-state index < -0.39 is 12.1 Å². The minimum absolute atomic E-state index is 0.0179. The number of aliphatic hydroxyl groups is 1. The lowest BCUT2D eigenvalue weighted by Gasteiger charge is -2.17. The first-order valence-electron chi connectivity index (χ1n) is 6.98. The van der Waals surface area contributed by atoms with Gasteiger partial charge in [0, 0.05) is 18.1 Å². The largest absolute Gasteiger partial charge is 0.490 e. The first kappa shape index (κ1) is 17.6. The van der Waals surface area contributed by atoms with Crippen LogP contribution in [0.5, 0.6) is 11.5 Å². The molecule has 0 heterocycles. The molecule has 0 aliphatic heterocycles. The van der Waals surface area contributed by atoms with Crippen LogP contribution in [0, 0.1) is 0 Å². The molecule has 0 aliphatic rings. The van der Waals surface area contributed by atoms with Gasteiger partial charge in [-0.1, -0.05) is 11.6 Å². The first-order chi connectivity index (χ1) is 9.99. The summed E-state index contributed by atoms with van der Waals surface area (Å²) in [5.41, 5.74) is 0.522. The minimum Gasteiger partial charge on any atom is -0.490 e. The maximum absolute atomic E-state index is 10.5. The van der Waals surface area contributed by atoms with Crippen molar-refractivity contribution in [1.82, 2.24) is 0 Å². The normalized spacial score (nSPS) is 12.0. The molecule has 0 fully saturated rings. The average Bonchev–Trinajstić information content (AvgIpc) is 2.41. The van der Waals surface area contributed by atoms with E-state index in [4.69, 9.17) is 26.2 Å². The highest BCUT2D eigenvalue weighted by Gasteiger charge is 2.17. The van der Waals surface area contributed by atoms with Crippen LogP contribution in [-0.2, 0) is 4.79 Å². The van der Waals surface area contributed by atoms with Gasteiger partial charge in [-0.25, -0.2) is 0 Å². The highest BCUT2D eigenvalue weighted by atomic mass is 35.5. The number of carbonyl (C=O) groups is 1. The predicted octanol–water partition coefficient (Wildman–Crippen LogP) is 3.43. The number of rotatable bonds is 9. The summed E-state index contributed by atoms with van der Waals surface area (Å²) >= 11 is 6.16. The molecule has 118 valence electrons. The van der Waals surface area contributed by atoms with Crippen molar-refractivity contribution in [3.8, 4) is 11.5 Å². The molecule has 0 saturated carbocycles. The number of benzene rings is 1. The number of hydrogen-bond donors (Lipinski definition) is 2. The minimum atomic E-state index is -0.880. The molecule has 1 aromatic rings. The van der Waals surface area contributed by atoms with Gasteiger partial charge in [0.1, 0.15) is 0 Å². The van der Waals surface area contributed by atoms with Crippen molar-refractivity contribution in [3.63, 3.8) is 0 Å². The van der Waals surface area contributed by atoms with Crippen molar-refractivity contribution in [3.05, 3.63) is 22.7 Å². The molecule has 0 amide bonds. The van der Waals surface area contributed by atoms with E-state index in [2.05, 4.69) is 0 Å². The fourth-order valence-electron chi connectivity index (χ4n) is 1.94. The zero-order chi connectivity index (χ0) is 15.8. The van der Waals surface area contributed by atoms with Gasteiger partial charge in [0.25, 0.3) is 0 Å². The molecular formula is C15H21ClO5. The van der Waals surface area contributed by atoms with Gasteiger partial charge in [-0.2, -0.15) is 0 Å². The average molecular weight is 317 g/mol. The standard InChI is InChI=1S/C15H21ClO5/c1-3-20-13-8-10(11(16)9-14(13)21-4-2)12(17)6-5-7-15(18)19/h8-9,12,17H,3-7H2,1-2H3,(H,18,19). The van der Waals surface area contributed by atoms with E-state index in [-0.39, 0.29) is 6.42 Å². The monoisotopic (exact) mass is 316 g/mol. The van der Waals surface area contributed by atoms with Crippen molar-refractivity contribution < 1.29 is 24.5 Å². The Labute approximate surface area is 129 Å². The molecule has 21 heavy (non-hydrogen) atoms. The molecule has 6 heteroatoms. The number of aliphatic carboxylic acids is 1. The quantitative estimate of drug-likeness (QED) is 0.730. The summed E-state index contributed by atoms with van der Waals surface area (Å²) in [6.07, 6.45) is -0.105. The van der Waals surface area contributed by atoms with Crippen LogP contribution in [0.4, 0.5) is 0 Å². The summed E-state index contributed by atoms with van der Waals surface area (Å²) in [5, 5.41) is 19.2. The van der Waals surface area contributed by atoms with E-state index >= 15 is 0 Å². The Morgan fingerprint density at radius 1 is 1.24 bits per heavy atom. The summed E-state index contributed by atoms with van der Waals surface area (Å²) in [5.74, 6) is 0.178. The van der Waals surface area contributed by atoms with Crippen LogP contribution in [0.2, 0.25) is 5.02 Å². The first-order valence-corrected chi connectivity index (χ1v) is 7.36. The van der Waals surface area contributed by atoms with Crippen molar-refractivity contribution in [2.45, 2.75) is 39.2 Å². The molecular weight excluding hydrogens is 296 g/mol. The van der Waals surface area contributed by atoms with Gasteiger partial charge in [-0.05, 0) is 32.8 Å². The Morgan fingerprint density at radius 2 is 1.81 bits per heavy atom. The summed E-state index contributed by atoms with van der Waals surface area (Å²) in [7, 11) is 0. The van der Waals surface area contributed by atoms with Gasteiger partial charge >= 0.3 is 5.97 Å². The lowest BCUT2D eigenvalue weighted by Crippen LogP contribution is -2.04. The van der Waals surface area contributed by atoms with Crippen LogP contribution < -0.4 is 9.47 Å². The number of aliphatic hydroxyl groups excluding tert-OH is 1. The van der Waals surface area contributed by atoms with Gasteiger partial charge in [0.05, 0.1) is 24.3 Å². The fraction of sp³-hybridized carbons (Fsp3) is 0.533. The van der Waals surface area contributed by atoms with Crippen LogP contribution in [-0.4, -0.2) is 29.4 Å². The van der Waals surface area contributed by atoms with E-state index in [1.54, 1.807) is 12.1 Å². The van der Waals surface area contributed by atoms with Crippen molar-refractivity contribution in [1.29, 1.82) is 0 Å². The molecule has 0 bridgehead atoms. The van der Waals surface area contributed by atoms with Crippen LogP contribution in [0.25, 0.3) is 0 Å². The zero-order valence-electron chi connectivity index (χ0n) is 12.3. The van der Waals surface area contributed by atoms with E-state index in [0.29, 0.717) is 48.1 Å². The third kappa shape index (κ3) is 5.44. The SMILES string of the molecule is CCOc1cc(Cl)c(C(O)CCCC(=O)O)cc1OCC. The lowest BCUT2D eigenvalue weighted by molar-refractivity contribution is -0.137. The molecule has 1 atom stereocenters. The molecule has 1 rings (SSSR count).